The van der Waals surface area contributed by atoms with E-state index < -0.39 is 0 Å². The van der Waals surface area contributed by atoms with Crippen LogP contribution >= 0.6 is 0 Å². The molecule has 0 spiro atoms. The van der Waals surface area contributed by atoms with Crippen molar-refractivity contribution in [3.63, 3.8) is 0 Å². The summed E-state index contributed by atoms with van der Waals surface area (Å²) >= 11 is 0. The van der Waals surface area contributed by atoms with Gasteiger partial charge in [0.25, 0.3) is 0 Å². The molecule has 0 amide bonds. The average Bonchev–Trinajstić information content (AvgIpc) is 2.94. The predicted octanol–water partition coefficient (Wildman–Crippen LogP) is 6.20. The zero-order valence-electron chi connectivity index (χ0n) is 15.1. The molecule has 1 nitrogen and oxygen atoms in total. The van der Waals surface area contributed by atoms with E-state index in [1.165, 1.54) is 22.3 Å². The number of nitrogens with one attached hydrogen (secondary N) is 1. The van der Waals surface area contributed by atoms with Crippen LogP contribution in [-0.2, 0) is 0 Å². The van der Waals surface area contributed by atoms with E-state index in [4.69, 9.17) is 0 Å². The molecule has 0 fully saturated rings. The maximum atomic E-state index is 4.21. The zero-order chi connectivity index (χ0) is 17.8. The summed E-state index contributed by atoms with van der Waals surface area (Å²) in [6.07, 6.45) is 2.98. The predicted molar refractivity (Wildman–Crippen MR) is 109 cm³/mol. The minimum absolute atomic E-state index is 0.469. The molecular weight excluding hydrogens is 302 g/mol. The van der Waals surface area contributed by atoms with Gasteiger partial charge in [0.05, 0.1) is 0 Å². The number of allylic oxidation sites excluding steroid dienone is 2. The van der Waals surface area contributed by atoms with E-state index in [-0.39, 0.29) is 0 Å². The largest absolute Gasteiger partial charge is 0.388 e. The summed E-state index contributed by atoms with van der Waals surface area (Å²) in [4.78, 5) is 0. The van der Waals surface area contributed by atoms with Crippen LogP contribution in [0, 0.1) is 0 Å². The third-order valence-corrected chi connectivity index (χ3v) is 5.10. The lowest BCUT2D eigenvalue weighted by molar-refractivity contribution is 0.670. The molecule has 0 radical (unpaired) electrons. The molecule has 0 heterocycles. The topological polar surface area (TPSA) is 12.0 Å². The van der Waals surface area contributed by atoms with Crippen molar-refractivity contribution in [3.05, 3.63) is 96.2 Å². The molecule has 0 aliphatic heterocycles. The average molecular weight is 329 g/mol. The lowest BCUT2D eigenvalue weighted by Crippen LogP contribution is -2.15. The highest BCUT2D eigenvalue weighted by Crippen LogP contribution is 2.46. The second-order valence-electron chi connectivity index (χ2n) is 6.93. The molecule has 128 valence electrons. The molecule has 0 saturated heterocycles. The van der Waals surface area contributed by atoms with Crippen molar-refractivity contribution in [1.29, 1.82) is 0 Å². The third kappa shape index (κ3) is 3.76. The monoisotopic (exact) mass is 329 g/mol. The Kier molecular flexibility index (Phi) is 5.23. The molecule has 0 aromatic heterocycles. The Balaban J connectivity index is 1.61. The van der Waals surface area contributed by atoms with Gasteiger partial charge in [0.15, 0.2) is 0 Å². The van der Waals surface area contributed by atoms with E-state index in [0.29, 0.717) is 5.92 Å². The number of fused-ring (bicyclic) bond motifs is 3. The lowest BCUT2D eigenvalue weighted by Gasteiger charge is -2.16. The van der Waals surface area contributed by atoms with Gasteiger partial charge in [-0.25, -0.2) is 0 Å². The summed E-state index contributed by atoms with van der Waals surface area (Å²) in [5.41, 5.74) is 8.96. The van der Waals surface area contributed by atoms with E-state index in [1.807, 2.05) is 6.92 Å². The molecular formula is C24H27N. The van der Waals surface area contributed by atoms with Crippen molar-refractivity contribution < 1.29 is 0 Å². The Morgan fingerprint density at radius 1 is 0.880 bits per heavy atom. The quantitative estimate of drug-likeness (QED) is 0.568. The van der Waals surface area contributed by atoms with Gasteiger partial charge in [0.1, 0.15) is 0 Å². The third-order valence-electron chi connectivity index (χ3n) is 5.10. The first kappa shape index (κ1) is 17.3. The first-order valence-electron chi connectivity index (χ1n) is 9.01. The fraction of sp³-hybridized carbons (Fsp3) is 0.250. The summed E-state index contributed by atoms with van der Waals surface area (Å²) in [6.45, 7) is 15.1. The van der Waals surface area contributed by atoms with Gasteiger partial charge < -0.3 is 5.32 Å². The van der Waals surface area contributed by atoms with E-state index >= 15 is 0 Å². The highest BCUT2D eigenvalue weighted by atomic mass is 14.9. The molecule has 0 bridgehead atoms. The molecule has 25 heavy (non-hydrogen) atoms. The van der Waals surface area contributed by atoms with E-state index in [9.17, 15) is 0 Å². The van der Waals surface area contributed by atoms with Crippen LogP contribution in [0.4, 0.5) is 0 Å². The van der Waals surface area contributed by atoms with Gasteiger partial charge in [-0.15, -0.1) is 0 Å². The minimum Gasteiger partial charge on any atom is -0.388 e. The van der Waals surface area contributed by atoms with Crippen LogP contribution in [0.15, 0.2) is 85.1 Å². The number of hydrogen-bond donors (Lipinski definition) is 1. The van der Waals surface area contributed by atoms with Crippen LogP contribution in [-0.4, -0.2) is 6.54 Å². The summed E-state index contributed by atoms with van der Waals surface area (Å²) in [7, 11) is 0. The SMILES string of the molecule is C=C(CCC1c2ccccc2-c2ccccc21)NCCC(=C)C(=C)C. The van der Waals surface area contributed by atoms with Crippen molar-refractivity contribution in [2.75, 3.05) is 6.54 Å². The van der Waals surface area contributed by atoms with Gasteiger partial charge >= 0.3 is 0 Å². The molecule has 0 atom stereocenters. The Morgan fingerprint density at radius 3 is 2.00 bits per heavy atom. The first-order chi connectivity index (χ1) is 12.1. The number of rotatable bonds is 8. The van der Waals surface area contributed by atoms with Crippen molar-refractivity contribution in [3.8, 4) is 11.1 Å². The Bertz CT molecular complexity index is 767. The van der Waals surface area contributed by atoms with E-state index in [0.717, 1.165) is 42.7 Å². The Hall–Kier alpha value is -2.54. The standard InChI is InChI=1S/C24H27N/c1-17(2)18(3)15-16-25-19(4)13-14-24-22-11-7-5-9-20(22)21-10-6-8-12-23(21)24/h5-12,24-25H,1,3-4,13-16H2,2H3. The van der Waals surface area contributed by atoms with Crippen molar-refractivity contribution in [2.24, 2.45) is 0 Å². The van der Waals surface area contributed by atoms with Gasteiger partial charge in [-0.2, -0.15) is 0 Å². The van der Waals surface area contributed by atoms with E-state index in [2.05, 4.69) is 73.6 Å². The molecule has 0 unspecified atom stereocenters. The number of hydrogen-bond acceptors (Lipinski definition) is 1. The second-order valence-corrected chi connectivity index (χ2v) is 6.93. The Morgan fingerprint density at radius 2 is 1.44 bits per heavy atom. The fourth-order valence-electron chi connectivity index (χ4n) is 3.58. The normalized spacial score (nSPS) is 12.4. The highest BCUT2D eigenvalue weighted by molar-refractivity contribution is 5.78. The summed E-state index contributed by atoms with van der Waals surface area (Å²) in [5.74, 6) is 0.469. The van der Waals surface area contributed by atoms with Crippen LogP contribution in [0.2, 0.25) is 0 Å². The number of benzene rings is 2. The van der Waals surface area contributed by atoms with E-state index in [1.54, 1.807) is 0 Å². The molecule has 2 aromatic rings. The van der Waals surface area contributed by atoms with Crippen LogP contribution in [0.5, 0.6) is 0 Å². The van der Waals surface area contributed by atoms with Crippen LogP contribution in [0.1, 0.15) is 43.2 Å². The van der Waals surface area contributed by atoms with Gasteiger partial charge in [-0.05, 0) is 48.4 Å². The molecule has 1 aliphatic rings. The molecule has 0 saturated carbocycles. The first-order valence-corrected chi connectivity index (χ1v) is 9.01. The van der Waals surface area contributed by atoms with Gasteiger partial charge in [0, 0.05) is 18.2 Å². The second kappa shape index (κ2) is 7.57. The van der Waals surface area contributed by atoms with Gasteiger partial charge in [-0.1, -0.05) is 79.4 Å². The smallest absolute Gasteiger partial charge is 0.0184 e. The highest BCUT2D eigenvalue weighted by Gasteiger charge is 2.27. The molecule has 3 rings (SSSR count). The summed E-state index contributed by atoms with van der Waals surface area (Å²) in [6, 6.07) is 17.6. The maximum absolute atomic E-state index is 4.21. The lowest BCUT2D eigenvalue weighted by atomic mass is 9.91. The summed E-state index contributed by atoms with van der Waals surface area (Å²) < 4.78 is 0. The van der Waals surface area contributed by atoms with Gasteiger partial charge in [-0.3, -0.25) is 0 Å². The zero-order valence-corrected chi connectivity index (χ0v) is 15.1. The molecule has 1 heteroatoms. The fourth-order valence-corrected chi connectivity index (χ4v) is 3.58. The van der Waals surface area contributed by atoms with Crippen LogP contribution < -0.4 is 5.32 Å². The molecule has 2 aromatic carbocycles. The van der Waals surface area contributed by atoms with Crippen molar-refractivity contribution in [1.82, 2.24) is 5.32 Å². The maximum Gasteiger partial charge on any atom is 0.0184 e. The van der Waals surface area contributed by atoms with Crippen LogP contribution in [0.3, 0.4) is 0 Å². The minimum atomic E-state index is 0.469. The van der Waals surface area contributed by atoms with Crippen molar-refractivity contribution >= 4 is 0 Å². The van der Waals surface area contributed by atoms with Crippen molar-refractivity contribution in [2.45, 2.75) is 32.1 Å². The van der Waals surface area contributed by atoms with Crippen LogP contribution in [0.25, 0.3) is 11.1 Å². The summed E-state index contributed by atoms with van der Waals surface area (Å²) in [5, 5.41) is 3.44. The molecule has 1 aliphatic carbocycles. The molecule has 1 N–H and O–H groups in total. The Labute approximate surface area is 151 Å². The van der Waals surface area contributed by atoms with Gasteiger partial charge in [0.2, 0.25) is 0 Å².